The first-order valence-corrected chi connectivity index (χ1v) is 4.60. The summed E-state index contributed by atoms with van der Waals surface area (Å²) in [7, 11) is 0. The zero-order valence-electron chi connectivity index (χ0n) is 9.26. The minimum Gasteiger partial charge on any atom is -0.210 e. The zero-order valence-corrected chi connectivity index (χ0v) is 9.26. The molecular weight excluding hydrogens is 324 g/mol. The summed E-state index contributed by atoms with van der Waals surface area (Å²) in [6.07, 6.45) is -19.0. The maximum Gasteiger partial charge on any atom is 0.312 e. The van der Waals surface area contributed by atoms with Crippen LogP contribution in [0, 0.1) is 0 Å². The summed E-state index contributed by atoms with van der Waals surface area (Å²) >= 11 is 0. The van der Waals surface area contributed by atoms with Crippen LogP contribution < -0.4 is 0 Å². The Morgan fingerprint density at radius 1 is 0.500 bits per heavy atom. The largest absolute Gasteiger partial charge is 0.312 e. The second-order valence-electron chi connectivity index (χ2n) is 3.31. The highest BCUT2D eigenvalue weighted by molar-refractivity contribution is 4.70. The molecule has 0 aromatic carbocycles. The molecule has 0 fully saturated rings. The third-order valence-corrected chi connectivity index (χ3v) is 1.49. The highest BCUT2D eigenvalue weighted by atomic mass is 19.3. The Hall–Kier alpha value is -0.840. The fraction of sp³-hybridized carbons (Fsp3) is 1.00. The molecule has 0 aromatic rings. The van der Waals surface area contributed by atoms with E-state index in [1.165, 1.54) is 0 Å². The van der Waals surface area contributed by atoms with Crippen molar-refractivity contribution < 1.29 is 52.7 Å². The molecule has 0 radical (unpaired) electrons. The Morgan fingerprint density at radius 3 is 0.750 bits per heavy atom. The van der Waals surface area contributed by atoms with E-state index in [0.717, 1.165) is 0 Å². The lowest BCUT2D eigenvalue weighted by Crippen LogP contribution is -2.28. The molecule has 0 amide bonds. The van der Waals surface area contributed by atoms with E-state index in [1.807, 2.05) is 0 Å². The lowest BCUT2D eigenvalue weighted by Gasteiger charge is -2.13. The van der Waals surface area contributed by atoms with Crippen molar-refractivity contribution in [2.75, 3.05) is 0 Å². The van der Waals surface area contributed by atoms with E-state index in [1.54, 1.807) is 0 Å². The van der Waals surface area contributed by atoms with Gasteiger partial charge in [0.25, 0.3) is 0 Å². The van der Waals surface area contributed by atoms with Gasteiger partial charge in [-0.05, 0) is 0 Å². The first-order chi connectivity index (χ1) is 8.72. The van der Waals surface area contributed by atoms with Gasteiger partial charge in [0.15, 0.2) is 0 Å². The van der Waals surface area contributed by atoms with Gasteiger partial charge in [0.05, 0.1) is 12.8 Å². The monoisotopic (exact) mass is 332 g/mol. The molecule has 0 atom stereocenters. The Morgan fingerprint density at radius 2 is 0.700 bits per heavy atom. The minimum absolute atomic E-state index is 2.08. The lowest BCUT2D eigenvalue weighted by atomic mass is 10.2. The van der Waals surface area contributed by atoms with E-state index < -0.39 is 50.4 Å². The maximum atomic E-state index is 11.6. The number of hydrogen-bond acceptors (Lipinski definition) is 0. The summed E-state index contributed by atoms with van der Waals surface area (Å²) in [6.45, 7) is 0. The molecule has 0 aliphatic heterocycles. The maximum absolute atomic E-state index is 11.6. The molecule has 20 heavy (non-hydrogen) atoms. The van der Waals surface area contributed by atoms with Crippen molar-refractivity contribution in [2.45, 2.75) is 50.4 Å². The topological polar surface area (TPSA) is 0 Å². The number of hydrogen-bond donors (Lipinski definition) is 0. The number of halogens is 12. The quantitative estimate of drug-likeness (QED) is 0.595. The van der Waals surface area contributed by atoms with E-state index in [4.69, 9.17) is 0 Å². The summed E-state index contributed by atoms with van der Waals surface area (Å²) < 4.78 is 135. The average molecular weight is 332 g/mol. The molecule has 0 saturated carbocycles. The molecule has 0 saturated heterocycles. The SMILES string of the molecule is FC(F)CC(F)(F)C(F)F.FC(F)CC(F)(F)C(F)F. The van der Waals surface area contributed by atoms with Gasteiger partial charge in [0.2, 0.25) is 12.9 Å². The normalized spacial score (nSPS) is 13.2. The molecule has 0 bridgehead atoms. The molecule has 0 rings (SSSR count). The van der Waals surface area contributed by atoms with Crippen LogP contribution in [0.1, 0.15) is 12.8 Å². The van der Waals surface area contributed by atoms with E-state index in [2.05, 4.69) is 0 Å². The highest BCUT2D eigenvalue weighted by Crippen LogP contribution is 2.29. The minimum atomic E-state index is -4.56. The molecule has 0 heterocycles. The molecule has 0 nitrogen and oxygen atoms in total. The van der Waals surface area contributed by atoms with E-state index in [0.29, 0.717) is 0 Å². The van der Waals surface area contributed by atoms with E-state index in [-0.39, 0.29) is 0 Å². The second-order valence-corrected chi connectivity index (χ2v) is 3.31. The van der Waals surface area contributed by atoms with Gasteiger partial charge in [-0.25, -0.2) is 52.7 Å². The smallest absolute Gasteiger partial charge is 0.210 e. The average Bonchev–Trinajstić information content (AvgIpc) is 2.13. The highest BCUT2D eigenvalue weighted by Gasteiger charge is 2.43. The van der Waals surface area contributed by atoms with Gasteiger partial charge in [0.1, 0.15) is 0 Å². The van der Waals surface area contributed by atoms with Crippen molar-refractivity contribution >= 4 is 0 Å². The third kappa shape index (κ3) is 10.0. The zero-order chi connectivity index (χ0) is 16.7. The van der Waals surface area contributed by atoms with Crippen LogP contribution in [0.5, 0.6) is 0 Å². The fourth-order valence-electron chi connectivity index (χ4n) is 0.590. The van der Waals surface area contributed by atoms with E-state index in [9.17, 15) is 52.7 Å². The molecule has 124 valence electrons. The van der Waals surface area contributed by atoms with Crippen molar-refractivity contribution in [2.24, 2.45) is 0 Å². The van der Waals surface area contributed by atoms with Crippen LogP contribution in [0.15, 0.2) is 0 Å². The van der Waals surface area contributed by atoms with Crippen LogP contribution in [0.2, 0.25) is 0 Å². The van der Waals surface area contributed by atoms with E-state index >= 15 is 0 Å². The number of alkyl halides is 12. The van der Waals surface area contributed by atoms with Gasteiger partial charge in [-0.3, -0.25) is 0 Å². The molecule has 12 heteroatoms. The van der Waals surface area contributed by atoms with Gasteiger partial charge < -0.3 is 0 Å². The Balaban J connectivity index is 0. The van der Waals surface area contributed by atoms with Crippen LogP contribution in [0.25, 0.3) is 0 Å². The van der Waals surface area contributed by atoms with Crippen molar-refractivity contribution in [3.63, 3.8) is 0 Å². The molecule has 0 aliphatic rings. The summed E-state index contributed by atoms with van der Waals surface area (Å²) in [4.78, 5) is 0. The molecule has 0 aromatic heterocycles. The molecule has 0 spiro atoms. The Kier molecular flexibility index (Phi) is 9.06. The Labute approximate surface area is 104 Å². The summed E-state index contributed by atoms with van der Waals surface area (Å²) in [5.41, 5.74) is 0. The number of rotatable bonds is 6. The van der Waals surface area contributed by atoms with Gasteiger partial charge in [-0.2, -0.15) is 0 Å². The summed E-state index contributed by atoms with van der Waals surface area (Å²) in [5.74, 6) is -9.12. The summed E-state index contributed by atoms with van der Waals surface area (Å²) in [5, 5.41) is 0. The van der Waals surface area contributed by atoms with Crippen LogP contribution >= 0.6 is 0 Å². The molecule has 0 unspecified atom stereocenters. The third-order valence-electron chi connectivity index (χ3n) is 1.49. The second kappa shape index (κ2) is 8.45. The van der Waals surface area contributed by atoms with Crippen molar-refractivity contribution in [1.29, 1.82) is 0 Å². The first kappa shape index (κ1) is 21.5. The van der Waals surface area contributed by atoms with Crippen LogP contribution in [-0.2, 0) is 0 Å². The van der Waals surface area contributed by atoms with Crippen molar-refractivity contribution in [3.05, 3.63) is 0 Å². The fourth-order valence-corrected chi connectivity index (χ4v) is 0.590. The predicted molar refractivity (Wildman–Crippen MR) is 43.1 cm³/mol. The summed E-state index contributed by atoms with van der Waals surface area (Å²) in [6, 6.07) is 0. The van der Waals surface area contributed by atoms with Crippen molar-refractivity contribution in [1.82, 2.24) is 0 Å². The standard InChI is InChI=1S/2C4H4F6/c2*5-2(6)1-4(9,10)3(7)8/h2*2-3H,1H2. The van der Waals surface area contributed by atoms with Crippen LogP contribution in [-0.4, -0.2) is 37.5 Å². The Bertz CT molecular complexity index is 222. The molecule has 0 aliphatic carbocycles. The van der Waals surface area contributed by atoms with Gasteiger partial charge in [-0.1, -0.05) is 0 Å². The predicted octanol–water partition coefficient (Wildman–Crippen LogP) is 5.08. The van der Waals surface area contributed by atoms with Crippen molar-refractivity contribution in [3.8, 4) is 0 Å². The molecular formula is C8H8F12. The molecule has 0 N–H and O–H groups in total. The van der Waals surface area contributed by atoms with Gasteiger partial charge >= 0.3 is 24.7 Å². The van der Waals surface area contributed by atoms with Gasteiger partial charge in [0, 0.05) is 0 Å². The van der Waals surface area contributed by atoms with Gasteiger partial charge in [-0.15, -0.1) is 0 Å². The lowest BCUT2D eigenvalue weighted by molar-refractivity contribution is -0.153. The van der Waals surface area contributed by atoms with Crippen LogP contribution in [0.4, 0.5) is 52.7 Å². The first-order valence-electron chi connectivity index (χ1n) is 4.60. The van der Waals surface area contributed by atoms with Crippen LogP contribution in [0.3, 0.4) is 0 Å².